The number of esters is 1. The minimum Gasteiger partial charge on any atom is -0.461 e. The molecule has 0 aromatic carbocycles. The Bertz CT molecular complexity index is 247. The maximum Gasteiger partial charge on any atom is 0.302 e. The van der Waals surface area contributed by atoms with Gasteiger partial charge in [0.05, 0.1) is 12.2 Å². The van der Waals surface area contributed by atoms with Gasteiger partial charge in [-0.2, -0.15) is 0 Å². The molecule has 0 aromatic rings. The number of rotatable bonds is 3. The second kappa shape index (κ2) is 5.15. The summed E-state index contributed by atoms with van der Waals surface area (Å²) in [7, 11) is 2.04. The first kappa shape index (κ1) is 13.5. The van der Waals surface area contributed by atoms with Gasteiger partial charge in [-0.05, 0) is 27.8 Å². The van der Waals surface area contributed by atoms with E-state index in [1.54, 1.807) is 0 Å². The smallest absolute Gasteiger partial charge is 0.302 e. The van der Waals surface area contributed by atoms with Crippen molar-refractivity contribution < 1.29 is 14.3 Å². The number of hydrogen-bond acceptors (Lipinski definition) is 4. The predicted octanol–water partition coefficient (Wildman–Crippen LogP) is 1.44. The van der Waals surface area contributed by atoms with Crippen molar-refractivity contribution in [3.63, 3.8) is 0 Å². The highest BCUT2D eigenvalue weighted by atomic mass is 16.5. The molecule has 0 aliphatic carbocycles. The maximum absolute atomic E-state index is 10.9. The molecule has 4 heteroatoms. The molecule has 1 heterocycles. The monoisotopic (exact) mass is 229 g/mol. The van der Waals surface area contributed by atoms with Crippen molar-refractivity contribution in [2.75, 3.05) is 20.2 Å². The van der Waals surface area contributed by atoms with Crippen LogP contribution in [0.2, 0.25) is 0 Å². The largest absolute Gasteiger partial charge is 0.461 e. The molecule has 16 heavy (non-hydrogen) atoms. The fourth-order valence-electron chi connectivity index (χ4n) is 1.89. The summed E-state index contributed by atoms with van der Waals surface area (Å²) in [6.45, 7) is 9.09. The topological polar surface area (TPSA) is 38.8 Å². The highest BCUT2D eigenvalue weighted by molar-refractivity contribution is 5.66. The third kappa shape index (κ3) is 4.49. The number of likely N-dealkylation sites (tertiary alicyclic amines) is 1. The number of carbonyl (C=O) groups excluding carboxylic acids is 1. The molecule has 1 rings (SSSR count). The molecule has 2 atom stereocenters. The van der Waals surface area contributed by atoms with Crippen molar-refractivity contribution in [1.82, 2.24) is 4.90 Å². The van der Waals surface area contributed by atoms with Crippen LogP contribution in [-0.4, -0.2) is 48.8 Å². The third-order valence-electron chi connectivity index (χ3n) is 2.69. The zero-order valence-corrected chi connectivity index (χ0v) is 10.9. The molecule has 1 saturated heterocycles. The van der Waals surface area contributed by atoms with Crippen molar-refractivity contribution in [2.24, 2.45) is 0 Å². The number of likely N-dealkylation sites (N-methyl/N-ethyl adjacent to an activating group) is 1. The average Bonchev–Trinajstić information content (AvgIpc) is 2.40. The highest BCUT2D eigenvalue weighted by Gasteiger charge is 2.32. The predicted molar refractivity (Wildman–Crippen MR) is 62.3 cm³/mol. The van der Waals surface area contributed by atoms with Gasteiger partial charge in [-0.25, -0.2) is 0 Å². The molecule has 0 spiro atoms. The van der Waals surface area contributed by atoms with Crippen LogP contribution in [0.1, 0.15) is 34.1 Å². The molecule has 1 aliphatic heterocycles. The van der Waals surface area contributed by atoms with Gasteiger partial charge in [0.15, 0.2) is 0 Å². The zero-order chi connectivity index (χ0) is 12.3. The first-order chi connectivity index (χ1) is 7.28. The van der Waals surface area contributed by atoms with Crippen molar-refractivity contribution >= 4 is 5.97 Å². The highest BCUT2D eigenvalue weighted by Crippen LogP contribution is 2.20. The number of ether oxygens (including phenoxy) is 2. The van der Waals surface area contributed by atoms with Gasteiger partial charge in [-0.3, -0.25) is 9.69 Å². The minimum absolute atomic E-state index is 0.0241. The molecule has 0 saturated carbocycles. The molecule has 94 valence electrons. The summed E-state index contributed by atoms with van der Waals surface area (Å²) in [5.74, 6) is -0.198. The molecule has 4 nitrogen and oxygen atoms in total. The van der Waals surface area contributed by atoms with Gasteiger partial charge in [0.1, 0.15) is 6.10 Å². The molecule has 0 aromatic heterocycles. The van der Waals surface area contributed by atoms with Crippen LogP contribution >= 0.6 is 0 Å². The van der Waals surface area contributed by atoms with Gasteiger partial charge in [-0.15, -0.1) is 0 Å². The molecule has 1 fully saturated rings. The van der Waals surface area contributed by atoms with E-state index in [1.807, 2.05) is 27.8 Å². The summed E-state index contributed by atoms with van der Waals surface area (Å²) >= 11 is 0. The lowest BCUT2D eigenvalue weighted by atomic mass is 10.1. The maximum atomic E-state index is 10.9. The average molecular weight is 229 g/mol. The number of nitrogens with zero attached hydrogens (tertiary/aromatic N) is 1. The van der Waals surface area contributed by atoms with E-state index < -0.39 is 0 Å². The molecule has 0 N–H and O–H groups in total. The molecule has 0 bridgehead atoms. The van der Waals surface area contributed by atoms with Crippen LogP contribution in [0.4, 0.5) is 0 Å². The van der Waals surface area contributed by atoms with Crippen LogP contribution in [0.3, 0.4) is 0 Å². The first-order valence-corrected chi connectivity index (χ1v) is 5.79. The first-order valence-electron chi connectivity index (χ1n) is 5.79. The molecule has 0 amide bonds. The Morgan fingerprint density at radius 3 is 2.56 bits per heavy atom. The zero-order valence-electron chi connectivity index (χ0n) is 10.9. The van der Waals surface area contributed by atoms with E-state index in [1.165, 1.54) is 6.92 Å². The summed E-state index contributed by atoms with van der Waals surface area (Å²) < 4.78 is 11.0. The van der Waals surface area contributed by atoms with E-state index >= 15 is 0 Å². The van der Waals surface area contributed by atoms with Gasteiger partial charge < -0.3 is 9.47 Å². The van der Waals surface area contributed by atoms with E-state index in [2.05, 4.69) is 4.90 Å². The van der Waals surface area contributed by atoms with Crippen LogP contribution in [0, 0.1) is 0 Å². The number of hydrogen-bond donors (Lipinski definition) is 0. The summed E-state index contributed by atoms with van der Waals surface area (Å²) in [5, 5.41) is 0. The van der Waals surface area contributed by atoms with E-state index in [0.29, 0.717) is 12.6 Å². The minimum atomic E-state index is -0.198. The van der Waals surface area contributed by atoms with Crippen LogP contribution in [0.15, 0.2) is 0 Å². The van der Waals surface area contributed by atoms with Gasteiger partial charge in [0.2, 0.25) is 0 Å². The Balaban J connectivity index is 2.36. The number of carbonyl (C=O) groups is 1. The third-order valence-corrected chi connectivity index (χ3v) is 2.69. The second-order valence-electron chi connectivity index (χ2n) is 5.48. The van der Waals surface area contributed by atoms with E-state index in [-0.39, 0.29) is 17.7 Å². The molecule has 1 aliphatic rings. The van der Waals surface area contributed by atoms with Crippen LogP contribution in [0.5, 0.6) is 0 Å². The van der Waals surface area contributed by atoms with Gasteiger partial charge in [0, 0.05) is 25.9 Å². The quantitative estimate of drug-likeness (QED) is 0.686. The van der Waals surface area contributed by atoms with E-state index in [4.69, 9.17) is 9.47 Å². The Morgan fingerprint density at radius 2 is 2.06 bits per heavy atom. The van der Waals surface area contributed by atoms with E-state index in [0.717, 1.165) is 13.0 Å². The normalized spacial score (nSPS) is 27.1. The molecular weight excluding hydrogens is 206 g/mol. The van der Waals surface area contributed by atoms with E-state index in [9.17, 15) is 4.79 Å². The van der Waals surface area contributed by atoms with Crippen LogP contribution in [-0.2, 0) is 14.3 Å². The Kier molecular flexibility index (Phi) is 4.33. The standard InChI is InChI=1S/C12H23NO3/c1-9(14)16-11-6-10(13(5)7-11)8-15-12(2,3)4/h10-11H,6-8H2,1-5H3/t10-,11-/m0/s1. The lowest BCUT2D eigenvalue weighted by Gasteiger charge is -2.25. The van der Waals surface area contributed by atoms with Crippen molar-refractivity contribution in [3.05, 3.63) is 0 Å². The summed E-state index contributed by atoms with van der Waals surface area (Å²) in [6.07, 6.45) is 0.891. The molecule has 0 radical (unpaired) electrons. The van der Waals surface area contributed by atoms with Gasteiger partial charge >= 0.3 is 5.97 Å². The summed E-state index contributed by atoms with van der Waals surface area (Å²) in [4.78, 5) is 13.1. The fraction of sp³-hybridized carbons (Fsp3) is 0.917. The Labute approximate surface area is 97.9 Å². The summed E-state index contributed by atoms with van der Waals surface area (Å²) in [5.41, 5.74) is -0.111. The SMILES string of the molecule is CC(=O)O[C@H]1C[C@@H](COC(C)(C)C)N(C)C1. The van der Waals surface area contributed by atoms with Gasteiger partial charge in [-0.1, -0.05) is 0 Å². The van der Waals surface area contributed by atoms with Crippen molar-refractivity contribution in [1.29, 1.82) is 0 Å². The molecular formula is C12H23NO3. The van der Waals surface area contributed by atoms with Crippen molar-refractivity contribution in [2.45, 2.75) is 51.9 Å². The Hall–Kier alpha value is -0.610. The van der Waals surface area contributed by atoms with Gasteiger partial charge in [0.25, 0.3) is 0 Å². The van der Waals surface area contributed by atoms with Crippen LogP contribution < -0.4 is 0 Å². The lowest BCUT2D eigenvalue weighted by Crippen LogP contribution is -2.33. The van der Waals surface area contributed by atoms with Crippen molar-refractivity contribution in [3.8, 4) is 0 Å². The Morgan fingerprint density at radius 1 is 1.44 bits per heavy atom. The summed E-state index contributed by atoms with van der Waals surface area (Å²) in [6, 6.07) is 0.351. The second-order valence-corrected chi connectivity index (χ2v) is 5.48. The van der Waals surface area contributed by atoms with Crippen LogP contribution in [0.25, 0.3) is 0 Å². The fourth-order valence-corrected chi connectivity index (χ4v) is 1.89. The lowest BCUT2D eigenvalue weighted by molar-refractivity contribution is -0.145. The molecule has 0 unspecified atom stereocenters.